The van der Waals surface area contributed by atoms with Crippen LogP contribution in [-0.2, 0) is 9.84 Å². The van der Waals surface area contributed by atoms with E-state index in [0.717, 1.165) is 36.5 Å². The number of sulfone groups is 1. The molecule has 1 unspecified atom stereocenters. The molecule has 0 aliphatic carbocycles. The van der Waals surface area contributed by atoms with E-state index in [1.165, 1.54) is 0 Å². The predicted octanol–water partition coefficient (Wildman–Crippen LogP) is 0.707. The highest BCUT2D eigenvalue weighted by Gasteiger charge is 2.25. The van der Waals surface area contributed by atoms with E-state index in [-0.39, 0.29) is 11.1 Å². The third-order valence-corrected chi connectivity index (χ3v) is 4.14. The van der Waals surface area contributed by atoms with E-state index in [1.54, 1.807) is 0 Å². The molecule has 0 saturated heterocycles. The molecule has 1 aromatic heterocycles. The van der Waals surface area contributed by atoms with Crippen LogP contribution in [0.25, 0.3) is 5.57 Å². The molecule has 2 heterocycles. The lowest BCUT2D eigenvalue weighted by Gasteiger charge is -2.20. The van der Waals surface area contributed by atoms with Gasteiger partial charge in [-0.2, -0.15) is 8.75 Å². The molecule has 0 spiro atoms. The number of nitrogens with one attached hydrogen (secondary N) is 1. The predicted molar refractivity (Wildman–Crippen MR) is 63.1 cm³/mol. The fourth-order valence-corrected chi connectivity index (χ4v) is 3.41. The molecule has 0 aromatic carbocycles. The van der Waals surface area contributed by atoms with Crippen LogP contribution in [0.4, 0.5) is 0 Å². The summed E-state index contributed by atoms with van der Waals surface area (Å²) in [5.41, 5.74) is 1.44. The van der Waals surface area contributed by atoms with Gasteiger partial charge in [0.1, 0.15) is 5.69 Å². The first kappa shape index (κ1) is 11.7. The number of aromatic nitrogens is 2. The van der Waals surface area contributed by atoms with Crippen molar-refractivity contribution >= 4 is 27.1 Å². The summed E-state index contributed by atoms with van der Waals surface area (Å²) in [6.07, 6.45) is 4.09. The van der Waals surface area contributed by atoms with Crippen LogP contribution in [-0.4, -0.2) is 36.0 Å². The summed E-state index contributed by atoms with van der Waals surface area (Å²) in [5, 5.41) is 3.37. The molecule has 7 heteroatoms. The Balaban J connectivity index is 2.49. The molecule has 1 N–H and O–H groups in total. The highest BCUT2D eigenvalue weighted by atomic mass is 32.2. The van der Waals surface area contributed by atoms with Gasteiger partial charge >= 0.3 is 0 Å². The lowest BCUT2D eigenvalue weighted by Crippen LogP contribution is -2.31. The Bertz CT molecular complexity index is 519. The Morgan fingerprint density at radius 3 is 2.88 bits per heavy atom. The summed E-state index contributed by atoms with van der Waals surface area (Å²) in [6, 6.07) is 0.123. The van der Waals surface area contributed by atoms with Crippen LogP contribution < -0.4 is 5.32 Å². The molecule has 0 saturated carbocycles. The number of rotatable bonds is 2. The molecule has 0 bridgehead atoms. The molecule has 16 heavy (non-hydrogen) atoms. The van der Waals surface area contributed by atoms with Gasteiger partial charge in [-0.1, -0.05) is 6.08 Å². The molecule has 1 aliphatic heterocycles. The fraction of sp³-hybridized carbons (Fsp3) is 0.556. The van der Waals surface area contributed by atoms with Gasteiger partial charge < -0.3 is 5.32 Å². The number of hydrogen-bond donors (Lipinski definition) is 1. The van der Waals surface area contributed by atoms with Crippen LogP contribution >= 0.6 is 11.7 Å². The average Bonchev–Trinajstić information content (AvgIpc) is 2.66. The molecule has 1 aromatic rings. The van der Waals surface area contributed by atoms with Crippen LogP contribution in [0.5, 0.6) is 0 Å². The van der Waals surface area contributed by atoms with Gasteiger partial charge in [-0.25, -0.2) is 8.42 Å². The zero-order chi connectivity index (χ0) is 11.8. The van der Waals surface area contributed by atoms with E-state index in [0.29, 0.717) is 5.69 Å². The van der Waals surface area contributed by atoms with Crippen molar-refractivity contribution in [2.45, 2.75) is 24.4 Å². The third-order valence-electron chi connectivity index (χ3n) is 2.51. The highest BCUT2D eigenvalue weighted by molar-refractivity contribution is 7.90. The van der Waals surface area contributed by atoms with Crippen molar-refractivity contribution in [2.75, 3.05) is 12.8 Å². The van der Waals surface area contributed by atoms with Gasteiger partial charge in [0, 0.05) is 12.3 Å². The van der Waals surface area contributed by atoms with Crippen molar-refractivity contribution in [1.29, 1.82) is 0 Å². The van der Waals surface area contributed by atoms with Crippen molar-refractivity contribution in [3.8, 4) is 0 Å². The second-order valence-corrected chi connectivity index (χ2v) is 6.27. The van der Waals surface area contributed by atoms with Crippen LogP contribution in [0.1, 0.15) is 19.0 Å². The first-order valence-corrected chi connectivity index (χ1v) is 7.58. The maximum atomic E-state index is 11.5. The topological polar surface area (TPSA) is 72.0 Å². The van der Waals surface area contributed by atoms with E-state index >= 15 is 0 Å². The normalized spacial score (nSPS) is 21.9. The number of hydrogen-bond acceptors (Lipinski definition) is 6. The van der Waals surface area contributed by atoms with E-state index in [1.807, 2.05) is 13.0 Å². The maximum absolute atomic E-state index is 11.5. The van der Waals surface area contributed by atoms with Crippen molar-refractivity contribution in [3.05, 3.63) is 11.8 Å². The molecule has 0 fully saturated rings. The summed E-state index contributed by atoms with van der Waals surface area (Å²) in [7, 11) is -3.29. The lowest BCUT2D eigenvalue weighted by molar-refractivity contribution is 0.597. The van der Waals surface area contributed by atoms with Gasteiger partial charge in [0.25, 0.3) is 0 Å². The van der Waals surface area contributed by atoms with Crippen molar-refractivity contribution in [3.63, 3.8) is 0 Å². The minimum atomic E-state index is -3.29. The van der Waals surface area contributed by atoms with Gasteiger partial charge in [-0.3, -0.25) is 0 Å². The summed E-state index contributed by atoms with van der Waals surface area (Å²) in [5.74, 6) is 0. The summed E-state index contributed by atoms with van der Waals surface area (Å²) in [4.78, 5) is 0. The Morgan fingerprint density at radius 2 is 2.25 bits per heavy atom. The van der Waals surface area contributed by atoms with E-state index in [9.17, 15) is 8.42 Å². The monoisotopic (exact) mass is 259 g/mol. The summed E-state index contributed by atoms with van der Waals surface area (Å²) >= 11 is 0.941. The lowest BCUT2D eigenvalue weighted by atomic mass is 10.0. The second-order valence-electron chi connectivity index (χ2n) is 3.81. The van der Waals surface area contributed by atoms with Crippen LogP contribution in [0, 0.1) is 0 Å². The molecule has 1 atom stereocenters. The van der Waals surface area contributed by atoms with Crippen LogP contribution in [0.15, 0.2) is 11.1 Å². The van der Waals surface area contributed by atoms with E-state index < -0.39 is 9.84 Å². The number of nitrogens with zero attached hydrogens (tertiary/aromatic N) is 2. The first-order valence-electron chi connectivity index (χ1n) is 4.96. The van der Waals surface area contributed by atoms with Gasteiger partial charge in [0.05, 0.1) is 11.7 Å². The minimum absolute atomic E-state index is 0.0966. The third kappa shape index (κ3) is 2.16. The Labute approximate surface area is 98.8 Å². The molecule has 0 amide bonds. The maximum Gasteiger partial charge on any atom is 0.196 e. The second kappa shape index (κ2) is 4.23. The van der Waals surface area contributed by atoms with Gasteiger partial charge in [-0.05, 0) is 25.5 Å². The fourth-order valence-electron chi connectivity index (χ4n) is 1.72. The van der Waals surface area contributed by atoms with Gasteiger partial charge in [-0.15, -0.1) is 0 Å². The van der Waals surface area contributed by atoms with Crippen molar-refractivity contribution < 1.29 is 8.42 Å². The van der Waals surface area contributed by atoms with Gasteiger partial charge in [0.2, 0.25) is 0 Å². The first-order chi connectivity index (χ1) is 7.50. The zero-order valence-corrected chi connectivity index (χ0v) is 10.7. The van der Waals surface area contributed by atoms with Crippen molar-refractivity contribution in [2.24, 2.45) is 0 Å². The van der Waals surface area contributed by atoms with Crippen LogP contribution in [0.2, 0.25) is 0 Å². The molecular weight excluding hydrogens is 246 g/mol. The minimum Gasteiger partial charge on any atom is -0.310 e. The SMILES string of the molecule is CC1NCCC=C1c1nsnc1S(C)(=O)=O. The smallest absolute Gasteiger partial charge is 0.196 e. The van der Waals surface area contributed by atoms with Crippen molar-refractivity contribution in [1.82, 2.24) is 14.1 Å². The quantitative estimate of drug-likeness (QED) is 0.846. The molecule has 88 valence electrons. The van der Waals surface area contributed by atoms with Gasteiger partial charge in [0.15, 0.2) is 14.9 Å². The highest BCUT2D eigenvalue weighted by Crippen LogP contribution is 2.26. The molecular formula is C9H13N3O2S2. The molecule has 5 nitrogen and oxygen atoms in total. The molecule has 1 aliphatic rings. The summed E-state index contributed by atoms with van der Waals surface area (Å²) < 4.78 is 31.0. The average molecular weight is 259 g/mol. The summed E-state index contributed by atoms with van der Waals surface area (Å²) in [6.45, 7) is 2.91. The standard InChI is InChI=1S/C9H13N3O2S2/c1-6-7(4-3-5-10-6)8-9(12-15-11-8)16(2,13)14/h4,6,10H,3,5H2,1-2H3. The Morgan fingerprint density at radius 1 is 1.50 bits per heavy atom. The molecule has 2 rings (SSSR count). The largest absolute Gasteiger partial charge is 0.310 e. The van der Waals surface area contributed by atoms with Crippen LogP contribution in [0.3, 0.4) is 0 Å². The Hall–Kier alpha value is -0.790. The van der Waals surface area contributed by atoms with E-state index in [4.69, 9.17) is 0 Å². The Kier molecular flexibility index (Phi) is 3.09. The van der Waals surface area contributed by atoms with E-state index in [2.05, 4.69) is 14.1 Å². The zero-order valence-electron chi connectivity index (χ0n) is 9.10. The molecule has 0 radical (unpaired) electrons.